The molecule has 1 aliphatic carbocycles. The largest absolute Gasteiger partial charge is 0.394 e. The first-order chi connectivity index (χ1) is 9.95. The van der Waals surface area contributed by atoms with Gasteiger partial charge in [0.2, 0.25) is 0 Å². The van der Waals surface area contributed by atoms with Crippen molar-refractivity contribution in [3.05, 3.63) is 20.8 Å². The van der Waals surface area contributed by atoms with Gasteiger partial charge < -0.3 is 16.2 Å². The van der Waals surface area contributed by atoms with Crippen LogP contribution in [-0.2, 0) is 13.6 Å². The smallest absolute Gasteiger partial charge is 0.332 e. The topological polar surface area (TPSA) is 102 Å². The van der Waals surface area contributed by atoms with Crippen molar-refractivity contribution < 1.29 is 5.11 Å². The van der Waals surface area contributed by atoms with E-state index in [9.17, 15) is 14.7 Å². The van der Waals surface area contributed by atoms with Crippen LogP contribution in [0.2, 0.25) is 0 Å². The summed E-state index contributed by atoms with van der Waals surface area (Å²) in [6.07, 6.45) is 4.33. The molecule has 1 aromatic rings. The van der Waals surface area contributed by atoms with Crippen molar-refractivity contribution in [3.63, 3.8) is 0 Å². The van der Waals surface area contributed by atoms with Crippen LogP contribution in [-0.4, -0.2) is 26.4 Å². The third-order valence-corrected chi connectivity index (χ3v) is 4.32. The number of aromatic nitrogens is 2. The van der Waals surface area contributed by atoms with Gasteiger partial charge in [-0.25, -0.2) is 4.79 Å². The first-order valence-electron chi connectivity index (χ1n) is 7.44. The number of nitrogens with zero attached hydrogens (tertiary/aromatic N) is 2. The Hall–Kier alpha value is -1.76. The zero-order chi connectivity index (χ0) is 15.6. The van der Waals surface area contributed by atoms with Gasteiger partial charge in [-0.1, -0.05) is 13.3 Å². The zero-order valence-electron chi connectivity index (χ0n) is 12.7. The molecule has 2 rings (SSSR count). The summed E-state index contributed by atoms with van der Waals surface area (Å²) in [5, 5.41) is 12.6. The van der Waals surface area contributed by atoms with E-state index in [1.807, 2.05) is 6.92 Å². The number of hydrogen-bond acceptors (Lipinski definition) is 5. The Kier molecular flexibility index (Phi) is 4.41. The van der Waals surface area contributed by atoms with Crippen molar-refractivity contribution in [2.45, 2.75) is 51.1 Å². The summed E-state index contributed by atoms with van der Waals surface area (Å²) in [4.78, 5) is 24.5. The van der Waals surface area contributed by atoms with Gasteiger partial charge in [0.1, 0.15) is 11.5 Å². The summed E-state index contributed by atoms with van der Waals surface area (Å²) >= 11 is 0. The molecule has 1 heterocycles. The van der Waals surface area contributed by atoms with Crippen molar-refractivity contribution in [2.75, 3.05) is 17.7 Å². The SMILES string of the molecule is CCCCn1c(N)c(NC2(CO)CCC2)c(=O)n(C)c1=O. The lowest BCUT2D eigenvalue weighted by atomic mass is 9.77. The van der Waals surface area contributed by atoms with Crippen molar-refractivity contribution in [3.8, 4) is 0 Å². The predicted octanol–water partition coefficient (Wildman–Crippen LogP) is 0.256. The van der Waals surface area contributed by atoms with E-state index in [2.05, 4.69) is 5.32 Å². The summed E-state index contributed by atoms with van der Waals surface area (Å²) in [7, 11) is 1.45. The zero-order valence-corrected chi connectivity index (χ0v) is 12.7. The summed E-state index contributed by atoms with van der Waals surface area (Å²) in [6, 6.07) is 0. The first-order valence-corrected chi connectivity index (χ1v) is 7.44. The number of nitrogen functional groups attached to an aromatic ring is 1. The van der Waals surface area contributed by atoms with Gasteiger partial charge in [-0.3, -0.25) is 13.9 Å². The second kappa shape index (κ2) is 5.93. The average molecular weight is 296 g/mol. The summed E-state index contributed by atoms with van der Waals surface area (Å²) in [5.41, 5.74) is 4.95. The molecule has 0 spiro atoms. The lowest BCUT2D eigenvalue weighted by Crippen LogP contribution is -2.51. The lowest BCUT2D eigenvalue weighted by molar-refractivity contribution is 0.144. The summed E-state index contributed by atoms with van der Waals surface area (Å²) in [5.74, 6) is 0.163. The standard InChI is InChI=1S/C14H24N4O3/c1-3-4-8-18-11(15)10(12(20)17(2)13(18)21)16-14(9-19)6-5-7-14/h16,19H,3-9,15H2,1-2H3. The van der Waals surface area contributed by atoms with E-state index < -0.39 is 16.8 Å². The summed E-state index contributed by atoms with van der Waals surface area (Å²) < 4.78 is 2.50. The number of nitrogens with two attached hydrogens (primary N) is 1. The molecule has 1 fully saturated rings. The van der Waals surface area contributed by atoms with Crippen molar-refractivity contribution >= 4 is 11.5 Å². The fourth-order valence-corrected chi connectivity index (χ4v) is 2.62. The highest BCUT2D eigenvalue weighted by atomic mass is 16.3. The molecule has 4 N–H and O–H groups in total. The highest BCUT2D eigenvalue weighted by molar-refractivity contribution is 5.62. The van der Waals surface area contributed by atoms with Gasteiger partial charge in [0.25, 0.3) is 5.56 Å². The van der Waals surface area contributed by atoms with Crippen molar-refractivity contribution in [1.29, 1.82) is 0 Å². The van der Waals surface area contributed by atoms with Gasteiger partial charge in [-0.05, 0) is 25.7 Å². The van der Waals surface area contributed by atoms with Crippen LogP contribution in [0.15, 0.2) is 9.59 Å². The first kappa shape index (κ1) is 15.6. The van der Waals surface area contributed by atoms with Crippen molar-refractivity contribution in [2.24, 2.45) is 7.05 Å². The van der Waals surface area contributed by atoms with Crippen LogP contribution in [0.4, 0.5) is 11.5 Å². The molecule has 0 atom stereocenters. The fraction of sp³-hybridized carbons (Fsp3) is 0.714. The Morgan fingerprint density at radius 1 is 1.38 bits per heavy atom. The van der Waals surface area contributed by atoms with E-state index in [0.29, 0.717) is 6.54 Å². The van der Waals surface area contributed by atoms with Crippen LogP contribution in [0.5, 0.6) is 0 Å². The van der Waals surface area contributed by atoms with Gasteiger partial charge in [-0.15, -0.1) is 0 Å². The molecule has 0 unspecified atom stereocenters. The second-order valence-electron chi connectivity index (χ2n) is 5.83. The third-order valence-electron chi connectivity index (χ3n) is 4.32. The van der Waals surface area contributed by atoms with E-state index in [1.54, 1.807) is 0 Å². The van der Waals surface area contributed by atoms with E-state index >= 15 is 0 Å². The molecule has 1 aliphatic rings. The number of unbranched alkanes of at least 4 members (excludes halogenated alkanes) is 1. The number of anilines is 2. The van der Waals surface area contributed by atoms with Crippen LogP contribution < -0.4 is 22.3 Å². The summed E-state index contributed by atoms with van der Waals surface area (Å²) in [6.45, 7) is 2.46. The molecule has 0 aromatic carbocycles. The molecule has 7 heteroatoms. The minimum absolute atomic E-state index is 0.0519. The minimum atomic E-state index is -0.479. The number of hydrogen-bond donors (Lipinski definition) is 3. The fourth-order valence-electron chi connectivity index (χ4n) is 2.62. The van der Waals surface area contributed by atoms with Crippen molar-refractivity contribution in [1.82, 2.24) is 9.13 Å². The molecule has 0 saturated heterocycles. The second-order valence-corrected chi connectivity index (χ2v) is 5.83. The monoisotopic (exact) mass is 296 g/mol. The van der Waals surface area contributed by atoms with Crippen LogP contribution in [0.25, 0.3) is 0 Å². The van der Waals surface area contributed by atoms with Gasteiger partial charge in [-0.2, -0.15) is 0 Å². The maximum Gasteiger partial charge on any atom is 0.332 e. The molecule has 21 heavy (non-hydrogen) atoms. The Balaban J connectivity index is 2.47. The molecule has 0 aliphatic heterocycles. The molecule has 7 nitrogen and oxygen atoms in total. The molecule has 0 radical (unpaired) electrons. The number of aliphatic hydroxyl groups is 1. The molecule has 1 aromatic heterocycles. The van der Waals surface area contributed by atoms with Crippen LogP contribution in [0.1, 0.15) is 39.0 Å². The van der Waals surface area contributed by atoms with Crippen LogP contribution in [0.3, 0.4) is 0 Å². The molecule has 0 amide bonds. The molecular weight excluding hydrogens is 272 g/mol. The Morgan fingerprint density at radius 3 is 2.52 bits per heavy atom. The number of nitrogens with one attached hydrogen (secondary N) is 1. The maximum atomic E-state index is 12.3. The predicted molar refractivity (Wildman–Crippen MR) is 82.6 cm³/mol. The normalized spacial score (nSPS) is 16.5. The number of rotatable bonds is 6. The highest BCUT2D eigenvalue weighted by Crippen LogP contribution is 2.35. The molecular formula is C14H24N4O3. The lowest BCUT2D eigenvalue weighted by Gasteiger charge is -2.41. The Bertz CT molecular complexity index is 623. The van der Waals surface area contributed by atoms with Gasteiger partial charge in [0.05, 0.1) is 12.1 Å². The molecule has 1 saturated carbocycles. The van der Waals surface area contributed by atoms with Gasteiger partial charge >= 0.3 is 5.69 Å². The van der Waals surface area contributed by atoms with E-state index in [1.165, 1.54) is 11.6 Å². The number of aliphatic hydroxyl groups excluding tert-OH is 1. The van der Waals surface area contributed by atoms with Crippen LogP contribution in [0, 0.1) is 0 Å². The maximum absolute atomic E-state index is 12.3. The van der Waals surface area contributed by atoms with Crippen LogP contribution >= 0.6 is 0 Å². The van der Waals surface area contributed by atoms with E-state index in [0.717, 1.165) is 36.7 Å². The quantitative estimate of drug-likeness (QED) is 0.698. The average Bonchev–Trinajstić information content (AvgIpc) is 2.44. The van der Waals surface area contributed by atoms with E-state index in [-0.39, 0.29) is 18.1 Å². The Labute approximate surface area is 123 Å². The third kappa shape index (κ3) is 2.70. The van der Waals surface area contributed by atoms with E-state index in [4.69, 9.17) is 5.73 Å². The Morgan fingerprint density at radius 2 is 2.05 bits per heavy atom. The molecule has 0 bridgehead atoms. The highest BCUT2D eigenvalue weighted by Gasteiger charge is 2.37. The minimum Gasteiger partial charge on any atom is -0.394 e. The van der Waals surface area contributed by atoms with Gasteiger partial charge in [0, 0.05) is 13.6 Å². The molecule has 118 valence electrons. The van der Waals surface area contributed by atoms with Gasteiger partial charge in [0.15, 0.2) is 0 Å².